The molecule has 2 spiro atoms. The molecule has 224 valence electrons. The van der Waals surface area contributed by atoms with Gasteiger partial charge in [0.15, 0.2) is 0 Å². The van der Waals surface area contributed by atoms with Crippen LogP contribution in [-0.4, -0.2) is 107 Å². The first-order valence-corrected chi connectivity index (χ1v) is 16.0. The lowest BCUT2D eigenvalue weighted by Crippen LogP contribution is -2.66. The Morgan fingerprint density at radius 1 is 0.951 bits per heavy atom. The molecular formula is C29H41N5O6S. The Balaban J connectivity index is 1.19. The van der Waals surface area contributed by atoms with Gasteiger partial charge < -0.3 is 15.0 Å². The van der Waals surface area contributed by atoms with Gasteiger partial charge in [-0.3, -0.25) is 29.1 Å². The number of carbonyl (C=O) groups excluding carboxylic acids is 5. The number of rotatable bonds is 8. The van der Waals surface area contributed by atoms with Crippen molar-refractivity contribution in [2.24, 2.45) is 17.3 Å². The highest BCUT2D eigenvalue weighted by atomic mass is 32.2. The lowest BCUT2D eigenvalue weighted by molar-refractivity contribution is -0.153. The molecule has 0 unspecified atom stereocenters. The second-order valence-electron chi connectivity index (χ2n) is 12.8. The molecule has 0 radical (unpaired) electrons. The quantitative estimate of drug-likeness (QED) is 0.262. The summed E-state index contributed by atoms with van der Waals surface area (Å²) in [5.41, 5.74) is -0.816. The molecule has 3 saturated carbocycles. The molecule has 0 atom stereocenters. The van der Waals surface area contributed by atoms with Crippen molar-refractivity contribution in [3.63, 3.8) is 0 Å². The minimum Gasteiger partial charge on any atom is -0.382 e. The van der Waals surface area contributed by atoms with Crippen molar-refractivity contribution in [2.45, 2.75) is 76.3 Å². The highest BCUT2D eigenvalue weighted by Crippen LogP contribution is 2.61. The molecule has 3 saturated heterocycles. The monoisotopic (exact) mass is 587 g/mol. The highest BCUT2D eigenvalue weighted by Gasteiger charge is 2.68. The molecule has 12 heteroatoms. The lowest BCUT2D eigenvalue weighted by Gasteiger charge is -2.59. The first kappa shape index (κ1) is 28.5. The molecule has 0 aromatic carbocycles. The molecule has 6 rings (SSSR count). The van der Waals surface area contributed by atoms with Crippen molar-refractivity contribution in [3.8, 4) is 0 Å². The smallest absolute Gasteiger partial charge is 0.334 e. The molecule has 41 heavy (non-hydrogen) atoms. The Hall–Kier alpha value is -2.60. The number of hydrogen-bond acceptors (Lipinski definition) is 8. The lowest BCUT2D eigenvalue weighted by atomic mass is 9.51. The molecule has 11 nitrogen and oxygen atoms in total. The predicted octanol–water partition coefficient (Wildman–Crippen LogP) is 2.76. The molecule has 3 aliphatic heterocycles. The van der Waals surface area contributed by atoms with Crippen LogP contribution in [0.4, 0.5) is 9.59 Å². The summed E-state index contributed by atoms with van der Waals surface area (Å²) in [4.78, 5) is 73.0. The number of nitrogens with zero attached hydrogens (tertiary/aromatic N) is 4. The maximum atomic E-state index is 13.8. The first-order chi connectivity index (χ1) is 19.6. The summed E-state index contributed by atoms with van der Waals surface area (Å²) in [7, 11) is 3.27. The van der Waals surface area contributed by atoms with Crippen LogP contribution in [0.2, 0.25) is 0 Å². The zero-order chi connectivity index (χ0) is 29.1. The van der Waals surface area contributed by atoms with Crippen LogP contribution < -0.4 is 5.32 Å². The van der Waals surface area contributed by atoms with Crippen LogP contribution in [-0.2, 0) is 19.1 Å². The van der Waals surface area contributed by atoms with E-state index in [1.807, 2.05) is 6.92 Å². The van der Waals surface area contributed by atoms with Gasteiger partial charge in [0.2, 0.25) is 0 Å². The van der Waals surface area contributed by atoms with E-state index in [9.17, 15) is 24.0 Å². The predicted molar refractivity (Wildman–Crippen MR) is 151 cm³/mol. The Labute approximate surface area is 245 Å². The Morgan fingerprint density at radius 3 is 2.17 bits per heavy atom. The van der Waals surface area contributed by atoms with Crippen LogP contribution in [0.1, 0.15) is 64.7 Å². The van der Waals surface area contributed by atoms with E-state index in [1.165, 1.54) is 26.5 Å². The van der Waals surface area contributed by atoms with Gasteiger partial charge in [-0.2, -0.15) is 0 Å². The molecule has 3 aliphatic carbocycles. The zero-order valence-corrected chi connectivity index (χ0v) is 25.1. The second kappa shape index (κ2) is 10.6. The summed E-state index contributed by atoms with van der Waals surface area (Å²) < 4.78 is 5.31. The van der Waals surface area contributed by atoms with Crippen molar-refractivity contribution in [3.05, 3.63) is 10.6 Å². The molecule has 1 N–H and O–H groups in total. The topological polar surface area (TPSA) is 120 Å². The third-order valence-electron chi connectivity index (χ3n) is 10.3. The maximum Gasteiger partial charge on any atom is 0.334 e. The van der Waals surface area contributed by atoms with Crippen LogP contribution in [0, 0.1) is 17.3 Å². The van der Waals surface area contributed by atoms with Gasteiger partial charge in [-0.25, -0.2) is 9.59 Å². The fourth-order valence-electron chi connectivity index (χ4n) is 7.81. The highest BCUT2D eigenvalue weighted by molar-refractivity contribution is 8.03. The minimum absolute atomic E-state index is 0.0647. The average molecular weight is 588 g/mol. The zero-order valence-electron chi connectivity index (χ0n) is 24.3. The van der Waals surface area contributed by atoms with Crippen LogP contribution >= 0.6 is 11.8 Å². The van der Waals surface area contributed by atoms with Crippen molar-refractivity contribution in [2.75, 3.05) is 46.2 Å². The molecule has 6 aliphatic rings. The number of barbiturate groups is 1. The summed E-state index contributed by atoms with van der Waals surface area (Å²) in [6.07, 6.45) is 7.08. The van der Waals surface area contributed by atoms with E-state index in [-0.39, 0.29) is 40.8 Å². The van der Waals surface area contributed by atoms with Crippen LogP contribution in [0.15, 0.2) is 10.6 Å². The fourth-order valence-corrected chi connectivity index (χ4v) is 8.56. The number of amides is 7. The van der Waals surface area contributed by atoms with E-state index >= 15 is 0 Å². The van der Waals surface area contributed by atoms with Crippen LogP contribution in [0.3, 0.4) is 0 Å². The Kier molecular flexibility index (Phi) is 7.37. The van der Waals surface area contributed by atoms with Gasteiger partial charge in [-0.1, -0.05) is 13.3 Å². The molecular weight excluding hydrogens is 546 g/mol. The van der Waals surface area contributed by atoms with Gasteiger partial charge in [0, 0.05) is 39.1 Å². The van der Waals surface area contributed by atoms with Crippen molar-refractivity contribution in [1.82, 2.24) is 24.9 Å². The van der Waals surface area contributed by atoms with E-state index in [0.717, 1.165) is 32.1 Å². The van der Waals surface area contributed by atoms with Gasteiger partial charge in [0.05, 0.1) is 18.2 Å². The van der Waals surface area contributed by atoms with Gasteiger partial charge in [-0.05, 0) is 68.5 Å². The van der Waals surface area contributed by atoms with Crippen LogP contribution in [0.25, 0.3) is 0 Å². The number of carbonyl (C=O) groups is 5. The standard InChI is InChI=1S/C29H41N5O6S/c1-4-41-22(30-2)21-23(35)32(12-18-6-5-7-18)27(39)34(24(21)36)20-8-10-28(11-9-20)16-29(17-28)25(37)31(3)26(38)33(29)13-19-14-40-15-19/h18-20,30H,4-17H2,1-3H3/b22-21-. The average Bonchev–Trinajstić information content (AvgIpc) is 3.06. The molecule has 3 heterocycles. The molecule has 7 amide bonds. The maximum absolute atomic E-state index is 13.8. The number of imide groups is 3. The van der Waals surface area contributed by atoms with Gasteiger partial charge in [0.1, 0.15) is 11.1 Å². The molecule has 6 fully saturated rings. The van der Waals surface area contributed by atoms with Gasteiger partial charge in [-0.15, -0.1) is 11.8 Å². The first-order valence-electron chi connectivity index (χ1n) is 15.1. The number of ether oxygens (including phenoxy) is 1. The number of urea groups is 2. The largest absolute Gasteiger partial charge is 0.382 e. The second-order valence-corrected chi connectivity index (χ2v) is 14.1. The van der Waals surface area contributed by atoms with Crippen molar-refractivity contribution in [1.29, 1.82) is 0 Å². The number of nitrogens with one attached hydrogen (secondary N) is 1. The van der Waals surface area contributed by atoms with Gasteiger partial charge >= 0.3 is 12.1 Å². The van der Waals surface area contributed by atoms with Crippen molar-refractivity contribution < 1.29 is 28.7 Å². The number of hydrogen-bond donors (Lipinski definition) is 1. The summed E-state index contributed by atoms with van der Waals surface area (Å²) in [6.45, 7) is 4.08. The summed E-state index contributed by atoms with van der Waals surface area (Å²) >= 11 is 1.40. The number of likely N-dealkylation sites (N-methyl/N-ethyl adjacent to an activating group) is 1. The molecule has 0 bridgehead atoms. The van der Waals surface area contributed by atoms with E-state index in [4.69, 9.17) is 4.74 Å². The Morgan fingerprint density at radius 2 is 1.63 bits per heavy atom. The minimum atomic E-state index is -0.786. The third-order valence-corrected chi connectivity index (χ3v) is 11.3. The van der Waals surface area contributed by atoms with Gasteiger partial charge in [0.25, 0.3) is 17.7 Å². The fraction of sp³-hybridized carbons (Fsp3) is 0.759. The normalized spacial score (nSPS) is 34.0. The summed E-state index contributed by atoms with van der Waals surface area (Å²) in [6, 6.07) is -1.03. The van der Waals surface area contributed by atoms with Crippen molar-refractivity contribution >= 4 is 41.5 Å². The number of thioether (sulfide) groups is 1. The summed E-state index contributed by atoms with van der Waals surface area (Å²) in [5, 5.41) is 3.54. The third kappa shape index (κ3) is 4.47. The SMILES string of the molecule is CCS/C(NC)=C1/C(=O)N(CC2CCC2)C(=O)N(C2CCC3(CC2)CC2(C3)C(=O)N(C)C(=O)N2CC2COC2)C1=O. The Bertz CT molecular complexity index is 1180. The molecule has 0 aromatic heterocycles. The summed E-state index contributed by atoms with van der Waals surface area (Å²) in [5.74, 6) is 0.118. The van der Waals surface area contributed by atoms with E-state index in [1.54, 1.807) is 19.0 Å². The molecule has 0 aromatic rings. The van der Waals surface area contributed by atoms with E-state index in [0.29, 0.717) is 62.8 Å². The van der Waals surface area contributed by atoms with E-state index < -0.39 is 23.4 Å². The van der Waals surface area contributed by atoms with E-state index in [2.05, 4.69) is 5.32 Å². The van der Waals surface area contributed by atoms with Crippen LogP contribution in [0.5, 0.6) is 0 Å².